The summed E-state index contributed by atoms with van der Waals surface area (Å²) in [6.07, 6.45) is 0. The van der Waals surface area contributed by atoms with E-state index in [-0.39, 0.29) is 6.61 Å². The fourth-order valence-electron chi connectivity index (χ4n) is 1.20. The molecule has 1 aromatic rings. The first-order valence-corrected chi connectivity index (χ1v) is 4.98. The summed E-state index contributed by atoms with van der Waals surface area (Å²) in [5.41, 5.74) is 0. The smallest absolute Gasteiger partial charge is 0.324 e. The molecule has 0 saturated heterocycles. The van der Waals surface area contributed by atoms with Gasteiger partial charge in [-0.15, -0.1) is 0 Å². The van der Waals surface area contributed by atoms with E-state index in [0.29, 0.717) is 12.3 Å². The Kier molecular flexibility index (Phi) is 4.72. The number of carboxylic acids is 1. The van der Waals surface area contributed by atoms with E-state index in [1.54, 1.807) is 13.0 Å². The first-order valence-electron chi connectivity index (χ1n) is 4.98. The number of nitrogens with one attached hydrogen (secondary N) is 1. The molecular weight excluding hydrogens is 213 g/mol. The monoisotopic (exact) mass is 227 g/mol. The molecule has 0 saturated carbocycles. The summed E-state index contributed by atoms with van der Waals surface area (Å²) in [5.74, 6) is -1.07. The van der Waals surface area contributed by atoms with Crippen molar-refractivity contribution in [2.45, 2.75) is 13.0 Å². The summed E-state index contributed by atoms with van der Waals surface area (Å²) in [5, 5.41) is 11.6. The third-order valence-corrected chi connectivity index (χ3v) is 1.96. The lowest BCUT2D eigenvalue weighted by molar-refractivity contribution is -0.140. The van der Waals surface area contributed by atoms with Crippen molar-refractivity contribution in [1.29, 1.82) is 0 Å². The lowest BCUT2D eigenvalue weighted by atomic mass is 10.3. The van der Waals surface area contributed by atoms with Gasteiger partial charge >= 0.3 is 5.97 Å². The quantitative estimate of drug-likeness (QED) is 0.768. The Balaban J connectivity index is 2.51. The Morgan fingerprint density at radius 3 is 2.94 bits per heavy atom. The molecule has 5 heteroatoms. The second-order valence-electron chi connectivity index (χ2n) is 3.22. The Labute approximate surface area is 93.0 Å². The first-order chi connectivity index (χ1) is 7.63. The highest BCUT2D eigenvalue weighted by molar-refractivity contribution is 5.73. The van der Waals surface area contributed by atoms with Crippen LogP contribution in [0.5, 0.6) is 5.75 Å². The van der Waals surface area contributed by atoms with Crippen LogP contribution in [0.3, 0.4) is 0 Å². The van der Waals surface area contributed by atoms with Gasteiger partial charge in [0, 0.05) is 6.07 Å². The number of benzene rings is 1. The molecule has 0 aliphatic rings. The molecule has 4 nitrogen and oxygen atoms in total. The summed E-state index contributed by atoms with van der Waals surface area (Å²) < 4.78 is 18.0. The number of hydrogen-bond acceptors (Lipinski definition) is 3. The second kappa shape index (κ2) is 6.07. The van der Waals surface area contributed by atoms with E-state index < -0.39 is 17.8 Å². The molecule has 0 aliphatic heterocycles. The third-order valence-electron chi connectivity index (χ3n) is 1.96. The molecular formula is C11H14FNO3. The molecule has 1 aromatic carbocycles. The van der Waals surface area contributed by atoms with Crippen molar-refractivity contribution in [3.8, 4) is 5.75 Å². The molecule has 0 spiro atoms. The molecule has 0 aromatic heterocycles. The molecule has 1 atom stereocenters. The Bertz CT molecular complexity index is 357. The number of hydrogen-bond donors (Lipinski definition) is 2. The summed E-state index contributed by atoms with van der Waals surface area (Å²) in [4.78, 5) is 10.8. The Morgan fingerprint density at radius 1 is 1.62 bits per heavy atom. The largest absolute Gasteiger partial charge is 0.491 e. The van der Waals surface area contributed by atoms with Crippen LogP contribution in [0.4, 0.5) is 4.39 Å². The van der Waals surface area contributed by atoms with E-state index in [1.165, 1.54) is 18.2 Å². The number of carboxylic acid groups (broad SMARTS) is 1. The van der Waals surface area contributed by atoms with Crippen molar-refractivity contribution in [2.75, 3.05) is 13.2 Å². The van der Waals surface area contributed by atoms with E-state index in [0.717, 1.165) is 0 Å². The number of carbonyl (C=O) groups is 1. The summed E-state index contributed by atoms with van der Waals surface area (Å²) in [6, 6.07) is 4.81. The van der Waals surface area contributed by atoms with E-state index in [1.807, 2.05) is 0 Å². The summed E-state index contributed by atoms with van der Waals surface area (Å²) >= 11 is 0. The van der Waals surface area contributed by atoms with Crippen LogP contribution in [0.1, 0.15) is 6.92 Å². The van der Waals surface area contributed by atoms with Crippen LogP contribution >= 0.6 is 0 Å². The van der Waals surface area contributed by atoms with Crippen LogP contribution in [-0.2, 0) is 4.79 Å². The van der Waals surface area contributed by atoms with Crippen LogP contribution in [0.2, 0.25) is 0 Å². The predicted octanol–water partition coefficient (Wildman–Crippen LogP) is 1.27. The molecule has 0 amide bonds. The van der Waals surface area contributed by atoms with E-state index in [9.17, 15) is 9.18 Å². The van der Waals surface area contributed by atoms with Crippen LogP contribution in [0, 0.1) is 5.82 Å². The van der Waals surface area contributed by atoms with Gasteiger partial charge in [0.1, 0.15) is 24.2 Å². The van der Waals surface area contributed by atoms with Crippen molar-refractivity contribution in [3.05, 3.63) is 30.1 Å². The van der Waals surface area contributed by atoms with Gasteiger partial charge < -0.3 is 15.2 Å². The van der Waals surface area contributed by atoms with Gasteiger partial charge in [-0.2, -0.15) is 0 Å². The molecule has 88 valence electrons. The van der Waals surface area contributed by atoms with E-state index in [2.05, 4.69) is 5.32 Å². The Hall–Kier alpha value is -1.62. The molecule has 0 fully saturated rings. The van der Waals surface area contributed by atoms with E-state index in [4.69, 9.17) is 9.84 Å². The fraction of sp³-hybridized carbons (Fsp3) is 0.364. The number of likely N-dealkylation sites (N-methyl/N-ethyl adjacent to an activating group) is 1. The van der Waals surface area contributed by atoms with Gasteiger partial charge in [0.2, 0.25) is 0 Å². The maximum Gasteiger partial charge on any atom is 0.324 e. The molecule has 16 heavy (non-hydrogen) atoms. The van der Waals surface area contributed by atoms with Gasteiger partial charge in [-0.3, -0.25) is 4.79 Å². The number of aliphatic carboxylic acids is 1. The average Bonchev–Trinajstić information content (AvgIpc) is 2.24. The molecule has 0 bridgehead atoms. The van der Waals surface area contributed by atoms with Gasteiger partial charge in [0.15, 0.2) is 0 Å². The highest BCUT2D eigenvalue weighted by atomic mass is 19.1. The maximum absolute atomic E-state index is 12.8. The van der Waals surface area contributed by atoms with Gasteiger partial charge in [-0.05, 0) is 18.7 Å². The van der Waals surface area contributed by atoms with Crippen molar-refractivity contribution in [3.63, 3.8) is 0 Å². The Morgan fingerprint density at radius 2 is 2.38 bits per heavy atom. The highest BCUT2D eigenvalue weighted by Gasteiger charge is 2.16. The standard InChI is InChI=1S/C11H14FNO3/c1-2-13-10(11(14)15)7-16-9-5-3-4-8(12)6-9/h3-6,10,13H,2,7H2,1H3,(H,14,15). The fourth-order valence-corrected chi connectivity index (χ4v) is 1.20. The minimum atomic E-state index is -0.988. The van der Waals surface area contributed by atoms with Gasteiger partial charge in [-0.25, -0.2) is 4.39 Å². The number of rotatable bonds is 6. The van der Waals surface area contributed by atoms with Crippen molar-refractivity contribution in [2.24, 2.45) is 0 Å². The molecule has 0 radical (unpaired) electrons. The topological polar surface area (TPSA) is 58.6 Å². The van der Waals surface area contributed by atoms with Crippen LogP contribution in [0.15, 0.2) is 24.3 Å². The first kappa shape index (κ1) is 12.4. The lowest BCUT2D eigenvalue weighted by Gasteiger charge is -2.14. The zero-order valence-electron chi connectivity index (χ0n) is 8.94. The van der Waals surface area contributed by atoms with Crippen molar-refractivity contribution < 1.29 is 19.0 Å². The summed E-state index contributed by atoms with van der Waals surface area (Å²) in [7, 11) is 0. The molecule has 0 heterocycles. The predicted molar refractivity (Wildman–Crippen MR) is 57.0 cm³/mol. The number of ether oxygens (including phenoxy) is 1. The van der Waals surface area contributed by atoms with Crippen LogP contribution < -0.4 is 10.1 Å². The maximum atomic E-state index is 12.8. The number of halogens is 1. The molecule has 0 aliphatic carbocycles. The second-order valence-corrected chi connectivity index (χ2v) is 3.22. The van der Waals surface area contributed by atoms with Crippen molar-refractivity contribution in [1.82, 2.24) is 5.32 Å². The lowest BCUT2D eigenvalue weighted by Crippen LogP contribution is -2.41. The minimum absolute atomic E-state index is 0.0351. The zero-order valence-corrected chi connectivity index (χ0v) is 8.94. The summed E-state index contributed by atoms with van der Waals surface area (Å²) in [6.45, 7) is 2.30. The normalized spacial score (nSPS) is 12.1. The molecule has 1 unspecified atom stereocenters. The van der Waals surface area contributed by atoms with Gasteiger partial charge in [-0.1, -0.05) is 13.0 Å². The van der Waals surface area contributed by atoms with Crippen molar-refractivity contribution >= 4 is 5.97 Å². The molecule has 2 N–H and O–H groups in total. The zero-order chi connectivity index (χ0) is 12.0. The molecule has 1 rings (SSSR count). The highest BCUT2D eigenvalue weighted by Crippen LogP contribution is 2.11. The minimum Gasteiger partial charge on any atom is -0.491 e. The third kappa shape index (κ3) is 3.86. The van der Waals surface area contributed by atoms with Gasteiger partial charge in [0.25, 0.3) is 0 Å². The van der Waals surface area contributed by atoms with Gasteiger partial charge in [0.05, 0.1) is 0 Å². The van der Waals surface area contributed by atoms with Crippen LogP contribution in [-0.4, -0.2) is 30.3 Å². The average molecular weight is 227 g/mol. The van der Waals surface area contributed by atoms with Crippen LogP contribution in [0.25, 0.3) is 0 Å². The SMILES string of the molecule is CCNC(COc1cccc(F)c1)C(=O)O. The van der Waals surface area contributed by atoms with E-state index >= 15 is 0 Å².